The fourth-order valence-electron chi connectivity index (χ4n) is 0.979. The van der Waals surface area contributed by atoms with E-state index >= 15 is 0 Å². The Kier molecular flexibility index (Phi) is 4.62. The zero-order chi connectivity index (χ0) is 10.7. The third-order valence-electron chi connectivity index (χ3n) is 1.30. The maximum atomic E-state index is 5.88. The Bertz CT molecular complexity index is 128. The molecule has 1 unspecified atom stereocenters. The molecule has 0 aromatic carbocycles. The van der Waals surface area contributed by atoms with E-state index in [1.165, 1.54) is 0 Å². The summed E-state index contributed by atoms with van der Waals surface area (Å²) in [7, 11) is -1.47. The van der Waals surface area contributed by atoms with Crippen LogP contribution in [0.15, 0.2) is 0 Å². The minimum atomic E-state index is -1.47. The van der Waals surface area contributed by atoms with Gasteiger partial charge in [-0.1, -0.05) is 6.92 Å². The fourth-order valence-corrected chi connectivity index (χ4v) is 1.98. The van der Waals surface area contributed by atoms with Gasteiger partial charge in [0.05, 0.1) is 5.60 Å². The molecule has 0 aliphatic carbocycles. The van der Waals surface area contributed by atoms with Gasteiger partial charge in [0.25, 0.3) is 0 Å². The maximum Gasteiger partial charge on any atom is 0.187 e. The highest BCUT2D eigenvalue weighted by Crippen LogP contribution is 2.17. The molecule has 1 atom stereocenters. The van der Waals surface area contributed by atoms with E-state index in [0.29, 0.717) is 0 Å². The van der Waals surface area contributed by atoms with E-state index in [4.69, 9.17) is 9.16 Å². The molecule has 80 valence electrons. The van der Waals surface area contributed by atoms with Crippen molar-refractivity contribution in [2.75, 3.05) is 0 Å². The molecule has 2 nitrogen and oxygen atoms in total. The highest BCUT2D eigenvalue weighted by Gasteiger charge is 2.24. The van der Waals surface area contributed by atoms with Gasteiger partial charge in [0.1, 0.15) is 6.29 Å². The molecular formula is C10H24O2Si. The minimum Gasteiger partial charge on any atom is -0.393 e. The molecule has 0 aliphatic rings. The standard InChI is InChI=1S/C10H24O2Si/c1-8-9(11-10(2,3)4)12-13(5,6)7/h9H,8H2,1-7H3. The lowest BCUT2D eigenvalue weighted by Crippen LogP contribution is -2.37. The van der Waals surface area contributed by atoms with Crippen LogP contribution in [0.5, 0.6) is 0 Å². The third kappa shape index (κ3) is 8.47. The van der Waals surface area contributed by atoms with Crippen LogP contribution in [-0.4, -0.2) is 20.2 Å². The second-order valence-corrected chi connectivity index (χ2v) is 9.76. The SMILES string of the molecule is CCC(OC(C)(C)C)O[Si](C)(C)C. The first-order chi connectivity index (χ1) is 5.64. The van der Waals surface area contributed by atoms with Crippen LogP contribution < -0.4 is 0 Å². The summed E-state index contributed by atoms with van der Waals surface area (Å²) in [5.41, 5.74) is -0.111. The molecule has 0 N–H and O–H groups in total. The van der Waals surface area contributed by atoms with Gasteiger partial charge in [0, 0.05) is 0 Å². The van der Waals surface area contributed by atoms with Crippen molar-refractivity contribution in [1.82, 2.24) is 0 Å². The highest BCUT2D eigenvalue weighted by molar-refractivity contribution is 6.69. The minimum absolute atomic E-state index is 0.0355. The van der Waals surface area contributed by atoms with Crippen molar-refractivity contribution in [3.05, 3.63) is 0 Å². The first-order valence-corrected chi connectivity index (χ1v) is 8.40. The van der Waals surface area contributed by atoms with Crippen molar-refractivity contribution in [3.8, 4) is 0 Å². The molecule has 0 fully saturated rings. The van der Waals surface area contributed by atoms with Gasteiger partial charge in [-0.25, -0.2) is 0 Å². The number of hydrogen-bond donors (Lipinski definition) is 0. The van der Waals surface area contributed by atoms with E-state index in [1.807, 2.05) is 0 Å². The van der Waals surface area contributed by atoms with Gasteiger partial charge in [0.2, 0.25) is 0 Å². The normalized spacial score (nSPS) is 15.9. The molecule has 0 heterocycles. The van der Waals surface area contributed by atoms with Gasteiger partial charge >= 0.3 is 0 Å². The Morgan fingerprint density at radius 1 is 1.15 bits per heavy atom. The fraction of sp³-hybridized carbons (Fsp3) is 1.00. The van der Waals surface area contributed by atoms with Crippen LogP contribution in [0.3, 0.4) is 0 Å². The Balaban J connectivity index is 4.05. The number of ether oxygens (including phenoxy) is 1. The molecular weight excluding hydrogens is 180 g/mol. The molecule has 0 radical (unpaired) electrons. The second kappa shape index (κ2) is 4.58. The van der Waals surface area contributed by atoms with Gasteiger partial charge < -0.3 is 9.16 Å². The second-order valence-electron chi connectivity index (χ2n) is 5.30. The Labute approximate surface area is 83.8 Å². The monoisotopic (exact) mass is 204 g/mol. The first kappa shape index (κ1) is 13.1. The van der Waals surface area contributed by atoms with E-state index in [-0.39, 0.29) is 11.9 Å². The van der Waals surface area contributed by atoms with E-state index in [2.05, 4.69) is 47.3 Å². The first-order valence-electron chi connectivity index (χ1n) is 5.00. The summed E-state index contributed by atoms with van der Waals surface area (Å²) < 4.78 is 11.7. The van der Waals surface area contributed by atoms with Crippen LogP contribution in [0.1, 0.15) is 34.1 Å². The van der Waals surface area contributed by atoms with Crippen molar-refractivity contribution in [3.63, 3.8) is 0 Å². The Morgan fingerprint density at radius 2 is 1.62 bits per heavy atom. The summed E-state index contributed by atoms with van der Waals surface area (Å²) in [5.74, 6) is 0. The van der Waals surface area contributed by atoms with E-state index in [9.17, 15) is 0 Å². The van der Waals surface area contributed by atoms with E-state index < -0.39 is 8.32 Å². The molecule has 0 aromatic heterocycles. The van der Waals surface area contributed by atoms with Crippen molar-refractivity contribution in [2.45, 2.75) is 65.6 Å². The zero-order valence-electron chi connectivity index (χ0n) is 10.1. The number of rotatable bonds is 4. The van der Waals surface area contributed by atoms with Gasteiger partial charge in [-0.05, 0) is 46.8 Å². The largest absolute Gasteiger partial charge is 0.393 e. The van der Waals surface area contributed by atoms with Crippen molar-refractivity contribution in [1.29, 1.82) is 0 Å². The smallest absolute Gasteiger partial charge is 0.187 e. The van der Waals surface area contributed by atoms with Gasteiger partial charge in [-0.3, -0.25) is 0 Å². The topological polar surface area (TPSA) is 18.5 Å². The van der Waals surface area contributed by atoms with Crippen LogP contribution in [0, 0.1) is 0 Å². The average molecular weight is 204 g/mol. The molecule has 3 heteroatoms. The van der Waals surface area contributed by atoms with Crippen molar-refractivity contribution >= 4 is 8.32 Å². The van der Waals surface area contributed by atoms with Gasteiger partial charge in [0.15, 0.2) is 8.32 Å². The van der Waals surface area contributed by atoms with Crippen LogP contribution >= 0.6 is 0 Å². The van der Waals surface area contributed by atoms with E-state index in [1.54, 1.807) is 0 Å². The maximum absolute atomic E-state index is 5.88. The molecule has 0 saturated carbocycles. The molecule has 0 aliphatic heterocycles. The van der Waals surface area contributed by atoms with Crippen molar-refractivity contribution < 1.29 is 9.16 Å². The lowest BCUT2D eigenvalue weighted by atomic mass is 10.2. The summed E-state index contributed by atoms with van der Waals surface area (Å²) in [4.78, 5) is 0. The number of hydrogen-bond acceptors (Lipinski definition) is 2. The molecule has 0 aromatic rings. The Hall–Kier alpha value is 0.137. The third-order valence-corrected chi connectivity index (χ3v) is 2.27. The summed E-state index contributed by atoms with van der Waals surface area (Å²) in [6, 6.07) is 0. The van der Waals surface area contributed by atoms with Crippen molar-refractivity contribution in [2.24, 2.45) is 0 Å². The van der Waals surface area contributed by atoms with Crippen LogP contribution in [0.2, 0.25) is 19.6 Å². The average Bonchev–Trinajstić information content (AvgIpc) is 1.79. The summed E-state index contributed by atoms with van der Waals surface area (Å²) in [5, 5.41) is 0. The van der Waals surface area contributed by atoms with Crippen LogP contribution in [0.4, 0.5) is 0 Å². The lowest BCUT2D eigenvalue weighted by Gasteiger charge is -2.31. The highest BCUT2D eigenvalue weighted by atomic mass is 28.4. The van der Waals surface area contributed by atoms with Gasteiger partial charge in [-0.2, -0.15) is 0 Å². The predicted octanol–water partition coefficient (Wildman–Crippen LogP) is 3.39. The zero-order valence-corrected chi connectivity index (χ0v) is 11.1. The summed E-state index contributed by atoms with van der Waals surface area (Å²) in [6.07, 6.45) is 0.883. The molecule has 0 bridgehead atoms. The molecule has 0 saturated heterocycles. The summed E-state index contributed by atoms with van der Waals surface area (Å²) in [6.45, 7) is 14.8. The summed E-state index contributed by atoms with van der Waals surface area (Å²) >= 11 is 0. The molecule has 0 spiro atoms. The Morgan fingerprint density at radius 3 is 1.85 bits per heavy atom. The lowest BCUT2D eigenvalue weighted by molar-refractivity contribution is -0.155. The molecule has 0 rings (SSSR count). The van der Waals surface area contributed by atoms with E-state index in [0.717, 1.165) is 6.42 Å². The molecule has 0 amide bonds. The molecule has 13 heavy (non-hydrogen) atoms. The van der Waals surface area contributed by atoms with Crippen LogP contribution in [0.25, 0.3) is 0 Å². The van der Waals surface area contributed by atoms with Crippen LogP contribution in [-0.2, 0) is 9.16 Å². The van der Waals surface area contributed by atoms with Gasteiger partial charge in [-0.15, -0.1) is 0 Å². The predicted molar refractivity (Wildman–Crippen MR) is 59.3 cm³/mol. The quantitative estimate of drug-likeness (QED) is 0.516.